The van der Waals surface area contributed by atoms with Crippen molar-refractivity contribution in [3.05, 3.63) is 12.7 Å². The summed E-state index contributed by atoms with van der Waals surface area (Å²) in [5, 5.41) is 17.7. The first-order valence-electron chi connectivity index (χ1n) is 3.02. The SMILES string of the molecule is C=CCN(C(=S)S)C(O)CO. The van der Waals surface area contributed by atoms with Gasteiger partial charge in [0.05, 0.1) is 6.61 Å². The molecule has 0 aliphatic carbocycles. The highest BCUT2D eigenvalue weighted by atomic mass is 32.1. The van der Waals surface area contributed by atoms with E-state index in [1.807, 2.05) is 0 Å². The summed E-state index contributed by atoms with van der Waals surface area (Å²) < 4.78 is 0.242. The lowest BCUT2D eigenvalue weighted by atomic mass is 10.5. The standard InChI is InChI=1S/C6H11NO2S2/c1-2-3-7(6(10)11)5(9)4-8/h2,5,8-9H,1,3-4H2,(H,10,11). The van der Waals surface area contributed by atoms with E-state index in [1.54, 1.807) is 6.08 Å². The van der Waals surface area contributed by atoms with Gasteiger partial charge in [-0.25, -0.2) is 0 Å². The zero-order valence-corrected chi connectivity index (χ0v) is 7.68. The monoisotopic (exact) mass is 193 g/mol. The molecule has 1 atom stereocenters. The molecule has 5 heteroatoms. The van der Waals surface area contributed by atoms with Crippen LogP contribution in [0.15, 0.2) is 12.7 Å². The Balaban J connectivity index is 4.08. The van der Waals surface area contributed by atoms with E-state index in [9.17, 15) is 0 Å². The maximum atomic E-state index is 9.11. The van der Waals surface area contributed by atoms with Gasteiger partial charge in [-0.15, -0.1) is 19.2 Å². The normalized spacial score (nSPS) is 12.3. The lowest BCUT2D eigenvalue weighted by Gasteiger charge is -2.25. The van der Waals surface area contributed by atoms with Gasteiger partial charge in [-0.3, -0.25) is 0 Å². The molecule has 0 aromatic rings. The Bertz CT molecular complexity index is 152. The number of thiocarbonyl (C=S) groups is 1. The minimum absolute atomic E-state index is 0.242. The third-order valence-electron chi connectivity index (χ3n) is 1.09. The van der Waals surface area contributed by atoms with Gasteiger partial charge in [0.15, 0.2) is 6.23 Å². The predicted molar refractivity (Wildman–Crippen MR) is 51.6 cm³/mol. The molecule has 1 unspecified atom stereocenters. The lowest BCUT2D eigenvalue weighted by molar-refractivity contribution is 0.0122. The van der Waals surface area contributed by atoms with Gasteiger partial charge in [0.25, 0.3) is 0 Å². The molecule has 0 aromatic carbocycles. The van der Waals surface area contributed by atoms with Crippen molar-refractivity contribution in [1.82, 2.24) is 4.90 Å². The molecule has 0 aromatic heterocycles. The third-order valence-corrected chi connectivity index (χ3v) is 1.59. The molecule has 0 radical (unpaired) electrons. The molecule has 0 saturated carbocycles. The van der Waals surface area contributed by atoms with Crippen molar-refractivity contribution in [1.29, 1.82) is 0 Å². The van der Waals surface area contributed by atoms with Gasteiger partial charge < -0.3 is 15.1 Å². The summed E-state index contributed by atoms with van der Waals surface area (Å²) in [7, 11) is 0. The number of aliphatic hydroxyl groups is 2. The van der Waals surface area contributed by atoms with Crippen molar-refractivity contribution < 1.29 is 10.2 Å². The van der Waals surface area contributed by atoms with Crippen LogP contribution in [0.1, 0.15) is 0 Å². The van der Waals surface area contributed by atoms with E-state index in [-0.39, 0.29) is 10.9 Å². The first-order valence-corrected chi connectivity index (χ1v) is 3.88. The molecule has 0 bridgehead atoms. The number of thiol groups is 1. The van der Waals surface area contributed by atoms with Crippen molar-refractivity contribution in [2.45, 2.75) is 6.23 Å². The Kier molecular flexibility index (Phi) is 5.49. The number of hydrogen-bond acceptors (Lipinski definition) is 3. The fourth-order valence-corrected chi connectivity index (χ4v) is 0.976. The molecule has 3 nitrogen and oxygen atoms in total. The molecule has 0 saturated heterocycles. The fraction of sp³-hybridized carbons (Fsp3) is 0.500. The van der Waals surface area contributed by atoms with E-state index in [0.717, 1.165) is 0 Å². The molecular formula is C6H11NO2S2. The molecule has 0 rings (SSSR count). The zero-order valence-electron chi connectivity index (χ0n) is 5.97. The van der Waals surface area contributed by atoms with E-state index >= 15 is 0 Å². The molecule has 0 spiro atoms. The van der Waals surface area contributed by atoms with Gasteiger partial charge in [-0.1, -0.05) is 18.3 Å². The summed E-state index contributed by atoms with van der Waals surface area (Å²) in [6.45, 7) is 3.48. The maximum absolute atomic E-state index is 9.11. The second-order valence-electron chi connectivity index (χ2n) is 1.89. The number of hydrogen-bond donors (Lipinski definition) is 3. The Hall–Kier alpha value is -0.100. The molecule has 64 valence electrons. The molecule has 0 aliphatic rings. The second kappa shape index (κ2) is 5.54. The van der Waals surface area contributed by atoms with Crippen molar-refractivity contribution in [2.75, 3.05) is 13.2 Å². The molecule has 0 heterocycles. The van der Waals surface area contributed by atoms with Crippen LogP contribution in [0.2, 0.25) is 0 Å². The highest BCUT2D eigenvalue weighted by molar-refractivity contribution is 8.10. The van der Waals surface area contributed by atoms with Crippen LogP contribution in [-0.2, 0) is 0 Å². The van der Waals surface area contributed by atoms with Gasteiger partial charge in [-0.2, -0.15) is 0 Å². The summed E-state index contributed by atoms with van der Waals surface area (Å²) in [4.78, 5) is 1.35. The third kappa shape index (κ3) is 3.71. The minimum atomic E-state index is -0.988. The molecular weight excluding hydrogens is 182 g/mol. The van der Waals surface area contributed by atoms with Gasteiger partial charge >= 0.3 is 0 Å². The smallest absolute Gasteiger partial charge is 0.151 e. The largest absolute Gasteiger partial charge is 0.392 e. The zero-order chi connectivity index (χ0) is 8.85. The van der Waals surface area contributed by atoms with Crippen LogP contribution in [0.4, 0.5) is 0 Å². The Morgan fingerprint density at radius 1 is 1.82 bits per heavy atom. The molecule has 0 aliphatic heterocycles. The number of aliphatic hydroxyl groups excluding tert-OH is 2. The average molecular weight is 193 g/mol. The van der Waals surface area contributed by atoms with Crippen molar-refractivity contribution in [2.24, 2.45) is 0 Å². The fourth-order valence-electron chi connectivity index (χ4n) is 0.565. The van der Waals surface area contributed by atoms with Crippen LogP contribution in [0.3, 0.4) is 0 Å². The lowest BCUT2D eigenvalue weighted by Crippen LogP contribution is -2.39. The molecule has 0 fully saturated rings. The van der Waals surface area contributed by atoms with E-state index in [2.05, 4.69) is 19.2 Å². The summed E-state index contributed by atoms with van der Waals surface area (Å²) >= 11 is 8.56. The summed E-state index contributed by atoms with van der Waals surface area (Å²) in [5.74, 6) is 0. The summed E-state index contributed by atoms with van der Waals surface area (Å²) in [5.41, 5.74) is 0. The first kappa shape index (κ1) is 10.9. The van der Waals surface area contributed by atoms with Gasteiger partial charge in [-0.05, 0) is 0 Å². The van der Waals surface area contributed by atoms with Gasteiger partial charge in [0, 0.05) is 6.54 Å². The highest BCUT2D eigenvalue weighted by Gasteiger charge is 2.13. The van der Waals surface area contributed by atoms with Crippen LogP contribution >= 0.6 is 24.8 Å². The molecule has 2 N–H and O–H groups in total. The van der Waals surface area contributed by atoms with Crippen LogP contribution in [0.5, 0.6) is 0 Å². The van der Waals surface area contributed by atoms with Crippen LogP contribution in [0, 0.1) is 0 Å². The van der Waals surface area contributed by atoms with E-state index < -0.39 is 6.23 Å². The molecule has 0 amide bonds. The quantitative estimate of drug-likeness (QED) is 0.254. The first-order chi connectivity index (χ1) is 5.13. The number of nitrogens with zero attached hydrogens (tertiary/aromatic N) is 1. The van der Waals surface area contributed by atoms with Crippen molar-refractivity contribution in [3.63, 3.8) is 0 Å². The van der Waals surface area contributed by atoms with Crippen LogP contribution in [0.25, 0.3) is 0 Å². The Morgan fingerprint density at radius 3 is 2.64 bits per heavy atom. The van der Waals surface area contributed by atoms with E-state index in [0.29, 0.717) is 6.54 Å². The Morgan fingerprint density at radius 2 is 2.36 bits per heavy atom. The Labute approximate surface area is 76.7 Å². The van der Waals surface area contributed by atoms with Crippen molar-refractivity contribution >= 4 is 29.2 Å². The van der Waals surface area contributed by atoms with Gasteiger partial charge in [0.2, 0.25) is 0 Å². The topological polar surface area (TPSA) is 43.7 Å². The highest BCUT2D eigenvalue weighted by Crippen LogP contribution is 2.01. The van der Waals surface area contributed by atoms with Crippen LogP contribution < -0.4 is 0 Å². The van der Waals surface area contributed by atoms with Crippen molar-refractivity contribution in [3.8, 4) is 0 Å². The minimum Gasteiger partial charge on any atom is -0.392 e. The van der Waals surface area contributed by atoms with Crippen LogP contribution in [-0.4, -0.2) is 38.8 Å². The summed E-state index contributed by atoms with van der Waals surface area (Å²) in [6, 6.07) is 0. The average Bonchev–Trinajstić information content (AvgIpc) is 1.98. The van der Waals surface area contributed by atoms with Gasteiger partial charge in [0.1, 0.15) is 4.32 Å². The maximum Gasteiger partial charge on any atom is 0.151 e. The van der Waals surface area contributed by atoms with E-state index in [1.165, 1.54) is 4.90 Å². The van der Waals surface area contributed by atoms with E-state index in [4.69, 9.17) is 22.4 Å². The predicted octanol–water partition coefficient (Wildman–Crippen LogP) is -0.000200. The number of rotatable bonds is 4. The second-order valence-corrected chi connectivity index (χ2v) is 3.00. The molecule has 11 heavy (non-hydrogen) atoms. The summed E-state index contributed by atoms with van der Waals surface area (Å²) in [6.07, 6.45) is 0.583.